The van der Waals surface area contributed by atoms with E-state index in [0.717, 1.165) is 11.8 Å². The van der Waals surface area contributed by atoms with Gasteiger partial charge in [-0.2, -0.15) is 31.3 Å². The predicted octanol–water partition coefficient (Wildman–Crippen LogP) is 7.96. The van der Waals surface area contributed by atoms with Crippen LogP contribution in [-0.4, -0.2) is 24.7 Å². The van der Waals surface area contributed by atoms with Crippen LogP contribution >= 0.6 is 11.8 Å². The van der Waals surface area contributed by atoms with Crippen molar-refractivity contribution in [1.29, 1.82) is 0 Å². The number of anilines is 1. The second-order valence-electron chi connectivity index (χ2n) is 8.57. The lowest BCUT2D eigenvalue weighted by molar-refractivity contribution is -0.143. The molecule has 3 aromatic rings. The van der Waals surface area contributed by atoms with Crippen molar-refractivity contribution in [2.24, 2.45) is 4.99 Å². The number of carbonyl (C=O) groups is 1. The first-order chi connectivity index (χ1) is 19.4. The number of rotatable bonds is 7. The fourth-order valence-corrected chi connectivity index (χ4v) is 4.79. The number of hydrogen-bond acceptors (Lipinski definition) is 5. The molecule has 0 atom stereocenters. The van der Waals surface area contributed by atoms with Crippen LogP contribution in [0.2, 0.25) is 0 Å². The van der Waals surface area contributed by atoms with Crippen LogP contribution in [0.25, 0.3) is 6.08 Å². The fourth-order valence-electron chi connectivity index (χ4n) is 3.88. The normalized spacial score (nSPS) is 13.5. The molecule has 0 spiro atoms. The van der Waals surface area contributed by atoms with Crippen LogP contribution in [0.5, 0.6) is 11.5 Å². The highest BCUT2D eigenvalue weighted by Gasteiger charge is 2.38. The molecular formula is C29H22F6N2O3S. The van der Waals surface area contributed by atoms with Crippen molar-refractivity contribution in [2.45, 2.75) is 25.9 Å². The Morgan fingerprint density at radius 3 is 2.32 bits per heavy atom. The molecule has 0 bridgehead atoms. The summed E-state index contributed by atoms with van der Waals surface area (Å²) < 4.78 is 90.0. The molecule has 0 N–H and O–H groups in total. The zero-order valence-corrected chi connectivity index (χ0v) is 22.5. The van der Waals surface area contributed by atoms with E-state index in [1.807, 2.05) is 42.2 Å². The highest BCUT2D eigenvalue weighted by Crippen LogP contribution is 2.38. The van der Waals surface area contributed by atoms with Crippen molar-refractivity contribution < 1.29 is 40.6 Å². The average molecular weight is 593 g/mol. The third-order valence-electron chi connectivity index (χ3n) is 5.88. The van der Waals surface area contributed by atoms with E-state index in [4.69, 9.17) is 9.47 Å². The number of methoxy groups -OCH3 is 1. The Hall–Kier alpha value is -4.15. The first-order valence-corrected chi connectivity index (χ1v) is 12.9. The SMILES string of the molecule is CCN(C1=NC(=O)C(=C=Cc2ccc(OCc3ccc(C(F)(F)F)cc3C(F)(F)F)c(OC)c2)S1)c1ccccc1. The lowest BCUT2D eigenvalue weighted by Gasteiger charge is -2.21. The maximum Gasteiger partial charge on any atom is 0.416 e. The minimum Gasteiger partial charge on any atom is -0.493 e. The number of aliphatic imine (C=N–C) groups is 1. The van der Waals surface area contributed by atoms with E-state index in [9.17, 15) is 31.1 Å². The molecule has 41 heavy (non-hydrogen) atoms. The lowest BCUT2D eigenvalue weighted by Crippen LogP contribution is -2.26. The van der Waals surface area contributed by atoms with Gasteiger partial charge in [0.15, 0.2) is 16.7 Å². The summed E-state index contributed by atoms with van der Waals surface area (Å²) in [5.41, 5.74) is 1.05. The van der Waals surface area contributed by atoms with Crippen molar-refractivity contribution in [3.63, 3.8) is 0 Å². The standard InChI is InChI=1S/C29H22F6N2O3S/c1-3-37(21-7-5-4-6-8-21)27-36-26(38)25(41-27)14-10-18-9-13-23(24(15-18)39-2)40-17-19-11-12-20(28(30,31)32)16-22(19)29(33,34)35/h4-13,15-16H,3,17H2,1-2H3. The zero-order chi connectivity index (χ0) is 29.8. The van der Waals surface area contributed by atoms with Gasteiger partial charge in [0, 0.05) is 17.8 Å². The van der Waals surface area contributed by atoms with Crippen LogP contribution < -0.4 is 14.4 Å². The zero-order valence-electron chi connectivity index (χ0n) is 21.6. The molecule has 1 heterocycles. The molecule has 0 aliphatic carbocycles. The van der Waals surface area contributed by atoms with Gasteiger partial charge in [0.25, 0.3) is 5.91 Å². The van der Waals surface area contributed by atoms with Crippen molar-refractivity contribution in [1.82, 2.24) is 0 Å². The molecule has 1 aliphatic heterocycles. The first kappa shape index (κ1) is 29.8. The van der Waals surface area contributed by atoms with Gasteiger partial charge in [-0.15, -0.1) is 0 Å². The Bertz CT molecular complexity index is 1530. The largest absolute Gasteiger partial charge is 0.493 e. The van der Waals surface area contributed by atoms with Crippen molar-refractivity contribution in [2.75, 3.05) is 18.6 Å². The Labute approximate surface area is 235 Å². The number of para-hydroxylation sites is 1. The van der Waals surface area contributed by atoms with Crippen LogP contribution in [0.3, 0.4) is 0 Å². The average Bonchev–Trinajstić information content (AvgIpc) is 3.30. The number of hydrogen-bond donors (Lipinski definition) is 0. The third kappa shape index (κ3) is 7.14. The van der Waals surface area contributed by atoms with Gasteiger partial charge in [0.05, 0.1) is 18.2 Å². The number of ether oxygens (including phenoxy) is 2. The second kappa shape index (κ2) is 12.2. The van der Waals surface area contributed by atoms with E-state index in [2.05, 4.69) is 10.7 Å². The molecule has 0 unspecified atom stereocenters. The molecule has 0 aromatic heterocycles. The Kier molecular flexibility index (Phi) is 8.84. The van der Waals surface area contributed by atoms with Gasteiger partial charge < -0.3 is 14.4 Å². The molecule has 4 rings (SSSR count). The van der Waals surface area contributed by atoms with Crippen LogP contribution in [0, 0.1) is 0 Å². The van der Waals surface area contributed by atoms with Crippen LogP contribution in [0.1, 0.15) is 29.2 Å². The fraction of sp³-hybridized carbons (Fsp3) is 0.207. The van der Waals surface area contributed by atoms with Gasteiger partial charge in [0.1, 0.15) is 11.5 Å². The molecule has 3 aromatic carbocycles. The Balaban J connectivity index is 1.51. The minimum atomic E-state index is -5.01. The predicted molar refractivity (Wildman–Crippen MR) is 145 cm³/mol. The van der Waals surface area contributed by atoms with E-state index >= 15 is 0 Å². The summed E-state index contributed by atoms with van der Waals surface area (Å²) in [4.78, 5) is 18.8. The summed E-state index contributed by atoms with van der Waals surface area (Å²) in [5.74, 6) is -0.210. The number of alkyl halides is 6. The summed E-state index contributed by atoms with van der Waals surface area (Å²) in [5, 5.41) is 0.516. The maximum absolute atomic E-state index is 13.5. The number of amidine groups is 1. The topological polar surface area (TPSA) is 51.1 Å². The Morgan fingerprint density at radius 2 is 1.68 bits per heavy atom. The number of thioether (sulfide) groups is 1. The monoisotopic (exact) mass is 592 g/mol. The number of carbonyl (C=O) groups excluding carboxylic acids is 1. The third-order valence-corrected chi connectivity index (χ3v) is 6.87. The van der Waals surface area contributed by atoms with Gasteiger partial charge in [-0.3, -0.25) is 4.79 Å². The van der Waals surface area contributed by atoms with E-state index in [-0.39, 0.29) is 22.5 Å². The highest BCUT2D eigenvalue weighted by molar-refractivity contribution is 8.18. The quantitative estimate of drug-likeness (QED) is 0.158. The number of nitrogens with zero attached hydrogens (tertiary/aromatic N) is 2. The maximum atomic E-state index is 13.5. The van der Waals surface area contributed by atoms with Crippen molar-refractivity contribution in [3.05, 3.63) is 99.6 Å². The van der Waals surface area contributed by atoms with Crippen LogP contribution in [0.15, 0.2) is 82.4 Å². The van der Waals surface area contributed by atoms with Crippen molar-refractivity contribution in [3.8, 4) is 11.5 Å². The molecule has 0 saturated heterocycles. The van der Waals surface area contributed by atoms with Gasteiger partial charge >= 0.3 is 12.4 Å². The number of benzene rings is 3. The van der Waals surface area contributed by atoms with E-state index in [1.54, 1.807) is 6.07 Å². The van der Waals surface area contributed by atoms with E-state index in [0.29, 0.717) is 23.3 Å². The molecule has 1 aliphatic rings. The minimum absolute atomic E-state index is 0.0638. The van der Waals surface area contributed by atoms with Crippen LogP contribution in [-0.2, 0) is 23.8 Å². The molecule has 5 nitrogen and oxygen atoms in total. The summed E-state index contributed by atoms with van der Waals surface area (Å²) >= 11 is 1.17. The highest BCUT2D eigenvalue weighted by atomic mass is 32.2. The van der Waals surface area contributed by atoms with Gasteiger partial charge in [0.2, 0.25) is 0 Å². The molecule has 1 amide bonds. The molecule has 0 radical (unpaired) electrons. The van der Waals surface area contributed by atoms with Gasteiger partial charge in [-0.05, 0) is 66.7 Å². The first-order valence-electron chi connectivity index (χ1n) is 12.1. The Morgan fingerprint density at radius 1 is 0.951 bits per heavy atom. The smallest absolute Gasteiger partial charge is 0.416 e. The summed E-state index contributed by atoms with van der Waals surface area (Å²) in [7, 11) is 1.33. The number of amides is 1. The number of halogens is 6. The van der Waals surface area contributed by atoms with Gasteiger partial charge in [-0.25, -0.2) is 0 Å². The molecule has 0 saturated carbocycles. The van der Waals surface area contributed by atoms with Crippen molar-refractivity contribution >= 4 is 34.6 Å². The van der Waals surface area contributed by atoms with Crippen LogP contribution in [0.4, 0.5) is 32.0 Å². The summed E-state index contributed by atoms with van der Waals surface area (Å²) in [6.07, 6.45) is -8.41. The molecule has 214 valence electrons. The summed E-state index contributed by atoms with van der Waals surface area (Å²) in [6.45, 7) is 1.88. The van der Waals surface area contributed by atoms with E-state index in [1.165, 1.54) is 37.1 Å². The molecular weight excluding hydrogens is 570 g/mol. The second-order valence-corrected chi connectivity index (χ2v) is 9.54. The summed E-state index contributed by atoms with van der Waals surface area (Å²) in [6, 6.07) is 15.4. The van der Waals surface area contributed by atoms with Gasteiger partial charge in [-0.1, -0.05) is 36.1 Å². The van der Waals surface area contributed by atoms with E-state index < -0.39 is 41.6 Å². The lowest BCUT2D eigenvalue weighted by atomic mass is 10.0. The molecule has 0 fully saturated rings. The molecule has 12 heteroatoms.